The van der Waals surface area contributed by atoms with E-state index in [1.54, 1.807) is 29.0 Å². The lowest BCUT2D eigenvalue weighted by Gasteiger charge is -2.09. The summed E-state index contributed by atoms with van der Waals surface area (Å²) in [6.45, 7) is 3.28. The van der Waals surface area contributed by atoms with Gasteiger partial charge in [-0.3, -0.25) is 4.79 Å². The number of carbonyl (C=O) groups excluding carboxylic acids is 2. The van der Waals surface area contributed by atoms with Gasteiger partial charge in [0, 0.05) is 22.2 Å². The van der Waals surface area contributed by atoms with E-state index in [1.807, 2.05) is 38.3 Å². The Kier molecular flexibility index (Phi) is 7.25. The van der Waals surface area contributed by atoms with E-state index in [9.17, 15) is 14.0 Å². The molecule has 160 valence electrons. The van der Waals surface area contributed by atoms with Gasteiger partial charge in [0.25, 0.3) is 5.91 Å². The largest absolute Gasteiger partial charge is 0.452 e. The van der Waals surface area contributed by atoms with Gasteiger partial charge < -0.3 is 10.1 Å². The molecule has 0 fully saturated rings. The number of nitrogens with zero attached hydrogens (tertiary/aromatic N) is 2. The van der Waals surface area contributed by atoms with Gasteiger partial charge in [0.15, 0.2) is 6.61 Å². The van der Waals surface area contributed by atoms with Gasteiger partial charge in [0.05, 0.1) is 17.1 Å². The van der Waals surface area contributed by atoms with Crippen molar-refractivity contribution >= 4 is 35.4 Å². The molecule has 3 rings (SSSR count). The van der Waals surface area contributed by atoms with Gasteiger partial charge in [-0.15, -0.1) is 11.8 Å². The smallest absolute Gasteiger partial charge is 0.331 e. The Bertz CT molecular complexity index is 1120. The number of nitrogens with one attached hydrogen (secondary N) is 1. The summed E-state index contributed by atoms with van der Waals surface area (Å²) < 4.78 is 19.9. The number of aromatic nitrogens is 2. The minimum atomic E-state index is -0.637. The van der Waals surface area contributed by atoms with Crippen LogP contribution < -0.4 is 5.32 Å². The fourth-order valence-corrected chi connectivity index (χ4v) is 3.55. The number of anilines is 1. The summed E-state index contributed by atoms with van der Waals surface area (Å²) in [5, 5.41) is 7.18. The van der Waals surface area contributed by atoms with Gasteiger partial charge in [0.2, 0.25) is 0 Å². The van der Waals surface area contributed by atoms with Crippen molar-refractivity contribution in [1.29, 1.82) is 0 Å². The highest BCUT2D eigenvalue weighted by Crippen LogP contribution is 2.24. The van der Waals surface area contributed by atoms with Crippen LogP contribution in [0.25, 0.3) is 11.8 Å². The maximum atomic E-state index is 13.2. The Morgan fingerprint density at radius 1 is 1.16 bits per heavy atom. The molecule has 0 radical (unpaired) electrons. The molecule has 0 bridgehead atoms. The van der Waals surface area contributed by atoms with Crippen LogP contribution in [0.5, 0.6) is 0 Å². The minimum absolute atomic E-state index is 0.325. The number of carbonyl (C=O) groups is 2. The Morgan fingerprint density at radius 2 is 1.87 bits per heavy atom. The van der Waals surface area contributed by atoms with Crippen molar-refractivity contribution in [3.05, 3.63) is 77.4 Å². The summed E-state index contributed by atoms with van der Waals surface area (Å²) in [5.41, 5.74) is 3.63. The average Bonchev–Trinajstić information content (AvgIpc) is 3.05. The van der Waals surface area contributed by atoms with Gasteiger partial charge in [-0.1, -0.05) is 12.1 Å². The van der Waals surface area contributed by atoms with Gasteiger partial charge in [-0.25, -0.2) is 13.9 Å². The molecule has 1 aromatic heterocycles. The first-order chi connectivity index (χ1) is 14.9. The van der Waals surface area contributed by atoms with Crippen molar-refractivity contribution in [3.8, 4) is 5.69 Å². The second kappa shape index (κ2) is 10.1. The number of ether oxygens (including phenoxy) is 1. The van der Waals surface area contributed by atoms with E-state index in [0.29, 0.717) is 17.1 Å². The van der Waals surface area contributed by atoms with Crippen molar-refractivity contribution < 1.29 is 18.7 Å². The summed E-state index contributed by atoms with van der Waals surface area (Å²) in [5.74, 6) is -1.38. The van der Waals surface area contributed by atoms with E-state index in [0.717, 1.165) is 16.2 Å². The molecule has 0 saturated carbocycles. The molecule has 0 aliphatic rings. The summed E-state index contributed by atoms with van der Waals surface area (Å²) in [4.78, 5) is 25.1. The lowest BCUT2D eigenvalue weighted by Crippen LogP contribution is -2.20. The number of amides is 1. The number of hydrogen-bond donors (Lipinski definition) is 1. The molecule has 0 unspecified atom stereocenters. The van der Waals surface area contributed by atoms with Crippen molar-refractivity contribution in [2.45, 2.75) is 18.7 Å². The lowest BCUT2D eigenvalue weighted by atomic mass is 10.2. The Labute approximate surface area is 184 Å². The van der Waals surface area contributed by atoms with Gasteiger partial charge >= 0.3 is 5.97 Å². The second-order valence-corrected chi connectivity index (χ2v) is 7.51. The Balaban J connectivity index is 1.61. The number of halogens is 1. The molecular formula is C23H22FN3O3S. The van der Waals surface area contributed by atoms with Crippen LogP contribution in [0.1, 0.15) is 17.0 Å². The Morgan fingerprint density at radius 3 is 2.58 bits per heavy atom. The molecule has 6 nitrogen and oxygen atoms in total. The normalized spacial score (nSPS) is 11.0. The average molecular weight is 440 g/mol. The molecule has 1 N–H and O–H groups in total. The second-order valence-electron chi connectivity index (χ2n) is 6.66. The third-order valence-electron chi connectivity index (χ3n) is 4.53. The molecule has 3 aromatic rings. The number of rotatable bonds is 7. The number of esters is 1. The molecule has 1 heterocycles. The van der Waals surface area contributed by atoms with E-state index < -0.39 is 18.5 Å². The first-order valence-corrected chi connectivity index (χ1v) is 10.7. The van der Waals surface area contributed by atoms with Crippen molar-refractivity contribution in [3.63, 3.8) is 0 Å². The van der Waals surface area contributed by atoms with Gasteiger partial charge in [-0.2, -0.15) is 5.10 Å². The molecule has 2 aromatic carbocycles. The molecule has 31 heavy (non-hydrogen) atoms. The fraction of sp³-hybridized carbons (Fsp3) is 0.174. The summed E-state index contributed by atoms with van der Waals surface area (Å²) in [6.07, 6.45) is 4.77. The van der Waals surface area contributed by atoms with E-state index in [-0.39, 0.29) is 5.82 Å². The first kappa shape index (κ1) is 22.3. The fourth-order valence-electron chi connectivity index (χ4n) is 3.00. The summed E-state index contributed by atoms with van der Waals surface area (Å²) in [6, 6.07) is 13.4. The van der Waals surface area contributed by atoms with Crippen LogP contribution in [0.4, 0.5) is 10.1 Å². The van der Waals surface area contributed by atoms with Gasteiger partial charge in [-0.05, 0) is 62.6 Å². The molecule has 0 aliphatic heterocycles. The van der Waals surface area contributed by atoms with E-state index >= 15 is 0 Å². The number of para-hydroxylation sites is 1. The molecular weight excluding hydrogens is 417 g/mol. The molecule has 0 atom stereocenters. The zero-order valence-corrected chi connectivity index (χ0v) is 18.2. The minimum Gasteiger partial charge on any atom is -0.452 e. The van der Waals surface area contributed by atoms with Crippen LogP contribution in [0.15, 0.2) is 59.5 Å². The Hall–Kier alpha value is -3.39. The molecule has 0 saturated heterocycles. The standard InChI is InChI=1S/C23H22FN3O3S/c1-15-19(16(2)27(26-15)18-10-8-17(24)9-11-18)12-13-23(29)30-14-22(28)25-20-6-4-5-7-21(20)31-3/h4-13H,14H2,1-3H3,(H,25,28)/b13-12+. The number of benzene rings is 2. The highest BCUT2D eigenvalue weighted by Gasteiger charge is 2.12. The maximum Gasteiger partial charge on any atom is 0.331 e. The number of thioether (sulfide) groups is 1. The van der Waals surface area contributed by atoms with Crippen molar-refractivity contribution in [2.75, 3.05) is 18.2 Å². The zero-order chi connectivity index (χ0) is 22.4. The first-order valence-electron chi connectivity index (χ1n) is 9.49. The van der Waals surface area contributed by atoms with Crippen LogP contribution in [-0.2, 0) is 14.3 Å². The zero-order valence-electron chi connectivity index (χ0n) is 17.4. The molecule has 0 aliphatic carbocycles. The van der Waals surface area contributed by atoms with E-state index in [2.05, 4.69) is 10.4 Å². The molecule has 0 spiro atoms. The van der Waals surface area contributed by atoms with E-state index in [4.69, 9.17) is 4.74 Å². The van der Waals surface area contributed by atoms with Crippen LogP contribution >= 0.6 is 11.8 Å². The van der Waals surface area contributed by atoms with Crippen LogP contribution in [0.3, 0.4) is 0 Å². The van der Waals surface area contributed by atoms with Crippen LogP contribution in [-0.4, -0.2) is 34.5 Å². The number of aryl methyl sites for hydroxylation is 1. The monoisotopic (exact) mass is 439 g/mol. The van der Waals surface area contributed by atoms with Crippen molar-refractivity contribution in [1.82, 2.24) is 9.78 Å². The van der Waals surface area contributed by atoms with Crippen LogP contribution in [0, 0.1) is 19.7 Å². The van der Waals surface area contributed by atoms with Crippen molar-refractivity contribution in [2.24, 2.45) is 0 Å². The van der Waals surface area contributed by atoms with Gasteiger partial charge in [0.1, 0.15) is 5.82 Å². The topological polar surface area (TPSA) is 73.2 Å². The SMILES string of the molecule is CSc1ccccc1NC(=O)COC(=O)/C=C/c1c(C)nn(-c2ccc(F)cc2)c1C. The van der Waals surface area contributed by atoms with E-state index in [1.165, 1.54) is 30.0 Å². The molecule has 1 amide bonds. The third-order valence-corrected chi connectivity index (χ3v) is 5.33. The highest BCUT2D eigenvalue weighted by atomic mass is 32.2. The predicted octanol–water partition coefficient (Wildman–Crippen LogP) is 4.55. The highest BCUT2D eigenvalue weighted by molar-refractivity contribution is 7.98. The summed E-state index contributed by atoms with van der Waals surface area (Å²) >= 11 is 1.51. The number of hydrogen-bond acceptors (Lipinski definition) is 5. The maximum absolute atomic E-state index is 13.2. The summed E-state index contributed by atoms with van der Waals surface area (Å²) in [7, 11) is 0. The molecule has 8 heteroatoms. The van der Waals surface area contributed by atoms with Crippen LogP contribution in [0.2, 0.25) is 0 Å². The third kappa shape index (κ3) is 5.61. The lowest BCUT2D eigenvalue weighted by molar-refractivity contribution is -0.142. The predicted molar refractivity (Wildman–Crippen MR) is 120 cm³/mol. The quantitative estimate of drug-likeness (QED) is 0.332.